The molecule has 8 nitrogen and oxygen atoms in total. The molecule has 196 valence electrons. The number of hydrogen-bond donors (Lipinski definition) is 2. The van der Waals surface area contributed by atoms with E-state index < -0.39 is 41.7 Å². The van der Waals surface area contributed by atoms with E-state index in [0.717, 1.165) is 47.1 Å². The summed E-state index contributed by atoms with van der Waals surface area (Å²) in [6, 6.07) is 3.01. The number of ether oxygens (including phenoxy) is 1. The molecule has 0 spiro atoms. The van der Waals surface area contributed by atoms with Crippen molar-refractivity contribution in [1.29, 1.82) is 5.26 Å². The molecule has 0 saturated carbocycles. The van der Waals surface area contributed by atoms with Crippen molar-refractivity contribution in [3.05, 3.63) is 45.3 Å². The Morgan fingerprint density at radius 2 is 2.08 bits per heavy atom. The summed E-state index contributed by atoms with van der Waals surface area (Å²) >= 11 is 1.36. The monoisotopic (exact) mass is 530 g/mol. The van der Waals surface area contributed by atoms with Gasteiger partial charge in [-0.3, -0.25) is 9.69 Å². The maximum atomic E-state index is 14.3. The van der Waals surface area contributed by atoms with Crippen LogP contribution in [0, 0.1) is 34.3 Å². The summed E-state index contributed by atoms with van der Waals surface area (Å²) in [6.07, 6.45) is 3.60. The lowest BCUT2D eigenvalue weighted by molar-refractivity contribution is -0.119. The molecular formula is C26H28F2N4O4S. The van der Waals surface area contributed by atoms with Gasteiger partial charge in [-0.2, -0.15) is 5.26 Å². The molecule has 11 heteroatoms. The van der Waals surface area contributed by atoms with Crippen LogP contribution in [0.3, 0.4) is 0 Å². The average Bonchev–Trinajstić information content (AvgIpc) is 3.44. The van der Waals surface area contributed by atoms with Gasteiger partial charge >= 0.3 is 12.0 Å². The first kappa shape index (κ1) is 26.5. The Labute approximate surface area is 217 Å². The van der Waals surface area contributed by atoms with Gasteiger partial charge < -0.3 is 15.4 Å². The number of nitrogens with one attached hydrogen (secondary N) is 2. The van der Waals surface area contributed by atoms with Gasteiger partial charge in [-0.1, -0.05) is 27.2 Å². The quantitative estimate of drug-likeness (QED) is 0.501. The fourth-order valence-corrected chi connectivity index (χ4v) is 6.02. The molecule has 2 N–H and O–H groups in total. The molecule has 2 aromatic rings. The molecule has 1 saturated heterocycles. The zero-order valence-corrected chi connectivity index (χ0v) is 21.7. The van der Waals surface area contributed by atoms with Gasteiger partial charge in [0.15, 0.2) is 6.61 Å². The number of amides is 3. The average molecular weight is 531 g/mol. The van der Waals surface area contributed by atoms with Crippen LogP contribution in [0.5, 0.6) is 0 Å². The maximum absolute atomic E-state index is 14.3. The van der Waals surface area contributed by atoms with Crippen molar-refractivity contribution in [2.24, 2.45) is 11.3 Å². The van der Waals surface area contributed by atoms with Crippen LogP contribution in [0.4, 0.5) is 24.3 Å². The number of nitriles is 1. The summed E-state index contributed by atoms with van der Waals surface area (Å²) in [5.74, 6) is -3.56. The number of anilines is 2. The first-order valence-electron chi connectivity index (χ1n) is 12.1. The normalized spacial score (nSPS) is 17.1. The highest BCUT2D eigenvalue weighted by atomic mass is 32.1. The number of hydrogen-bond acceptors (Lipinski definition) is 6. The first-order valence-corrected chi connectivity index (χ1v) is 12.9. The molecule has 1 unspecified atom stereocenters. The molecule has 1 aromatic carbocycles. The van der Waals surface area contributed by atoms with E-state index in [1.165, 1.54) is 11.3 Å². The maximum Gasteiger partial charge on any atom is 0.341 e. The molecule has 0 radical (unpaired) electrons. The number of carbonyl (C=O) groups is 3. The van der Waals surface area contributed by atoms with Gasteiger partial charge in [0.05, 0.1) is 16.8 Å². The van der Waals surface area contributed by atoms with Crippen molar-refractivity contribution in [3.8, 4) is 6.07 Å². The molecule has 37 heavy (non-hydrogen) atoms. The summed E-state index contributed by atoms with van der Waals surface area (Å²) in [4.78, 5) is 39.0. The van der Waals surface area contributed by atoms with Crippen LogP contribution in [0.2, 0.25) is 0 Å². The highest BCUT2D eigenvalue weighted by molar-refractivity contribution is 7.16. The Balaban J connectivity index is 1.43. The number of carbonyl (C=O) groups excluding carboxylic acids is 3. The second-order valence-electron chi connectivity index (χ2n) is 9.89. The van der Waals surface area contributed by atoms with Gasteiger partial charge in [0, 0.05) is 24.0 Å². The Morgan fingerprint density at radius 3 is 2.73 bits per heavy atom. The molecule has 1 aliphatic heterocycles. The Kier molecular flexibility index (Phi) is 7.50. The molecule has 2 aliphatic rings. The lowest BCUT2D eigenvalue weighted by Crippen LogP contribution is -2.29. The first-order chi connectivity index (χ1) is 17.6. The molecule has 3 amide bonds. The highest BCUT2D eigenvalue weighted by Crippen LogP contribution is 2.45. The van der Waals surface area contributed by atoms with E-state index >= 15 is 0 Å². The van der Waals surface area contributed by atoms with E-state index in [1.807, 2.05) is 0 Å². The molecule has 1 fully saturated rings. The van der Waals surface area contributed by atoms with Gasteiger partial charge in [0.2, 0.25) is 0 Å². The van der Waals surface area contributed by atoms with Crippen molar-refractivity contribution >= 4 is 39.9 Å². The van der Waals surface area contributed by atoms with E-state index in [0.29, 0.717) is 22.5 Å². The second kappa shape index (κ2) is 10.5. The SMILES string of the molecule is CCC(C)(C)C1CCc2c(sc(NC(=O)COC(=O)c3cc(N4CCNC4=O)c(F)cc3F)c2C#N)C1. The topological polar surface area (TPSA) is 112 Å². The summed E-state index contributed by atoms with van der Waals surface area (Å²) in [5.41, 5.74) is 0.679. The standard InChI is InChI=1S/C26H28F2N4O4S/c1-4-26(2,3)14-5-6-15-17(12-29)23(37-21(15)9-14)31-22(33)13-36-24(34)16-10-20(19(28)11-18(16)27)32-8-7-30-25(32)35/h10-11,14H,4-9,13H2,1-3H3,(H,30,35)(H,31,33). The van der Waals surface area contributed by atoms with E-state index in [2.05, 4.69) is 37.5 Å². The molecule has 1 aliphatic carbocycles. The number of esters is 1. The third-order valence-corrected chi connectivity index (χ3v) is 8.55. The second-order valence-corrected chi connectivity index (χ2v) is 11.0. The molecule has 1 aromatic heterocycles. The predicted molar refractivity (Wildman–Crippen MR) is 135 cm³/mol. The van der Waals surface area contributed by atoms with Crippen LogP contribution in [0.15, 0.2) is 12.1 Å². The van der Waals surface area contributed by atoms with Crippen molar-refractivity contribution in [2.75, 3.05) is 29.9 Å². The highest BCUT2D eigenvalue weighted by Gasteiger charge is 2.34. The van der Waals surface area contributed by atoms with E-state index in [-0.39, 0.29) is 24.2 Å². The minimum absolute atomic E-state index is 0.154. The fourth-order valence-electron chi connectivity index (χ4n) is 4.72. The van der Waals surface area contributed by atoms with Gasteiger partial charge in [-0.05, 0) is 42.2 Å². The van der Waals surface area contributed by atoms with Gasteiger partial charge in [0.25, 0.3) is 5.91 Å². The minimum Gasteiger partial charge on any atom is -0.452 e. The minimum atomic E-state index is -1.18. The number of fused-ring (bicyclic) bond motifs is 1. The predicted octanol–water partition coefficient (Wildman–Crippen LogP) is 4.76. The van der Waals surface area contributed by atoms with Gasteiger partial charge in [-0.25, -0.2) is 18.4 Å². The number of halogens is 2. The van der Waals surface area contributed by atoms with Crippen LogP contribution in [0.1, 0.15) is 60.0 Å². The molecule has 2 heterocycles. The lowest BCUT2D eigenvalue weighted by atomic mass is 9.69. The summed E-state index contributed by atoms with van der Waals surface area (Å²) in [5, 5.41) is 15.3. The number of benzene rings is 1. The summed E-state index contributed by atoms with van der Waals surface area (Å²) < 4.78 is 33.5. The van der Waals surface area contributed by atoms with E-state index in [1.54, 1.807) is 0 Å². The smallest absolute Gasteiger partial charge is 0.341 e. The fraction of sp³-hybridized carbons (Fsp3) is 0.462. The number of thiophene rings is 1. The van der Waals surface area contributed by atoms with Crippen LogP contribution in [0.25, 0.3) is 0 Å². The number of urea groups is 1. The summed E-state index contributed by atoms with van der Waals surface area (Å²) in [6.45, 7) is 6.36. The Bertz CT molecular complexity index is 1300. The van der Waals surface area contributed by atoms with E-state index in [9.17, 15) is 28.4 Å². The molecular weight excluding hydrogens is 502 g/mol. The third-order valence-electron chi connectivity index (χ3n) is 7.38. The zero-order chi connectivity index (χ0) is 26.9. The Hall–Kier alpha value is -3.52. The van der Waals surface area contributed by atoms with E-state index in [4.69, 9.17) is 4.74 Å². The zero-order valence-electron chi connectivity index (χ0n) is 20.9. The van der Waals surface area contributed by atoms with Gasteiger partial charge in [-0.15, -0.1) is 11.3 Å². The number of rotatable bonds is 7. The van der Waals surface area contributed by atoms with Crippen molar-refractivity contribution in [2.45, 2.75) is 46.5 Å². The lowest BCUT2D eigenvalue weighted by Gasteiger charge is -2.36. The molecule has 4 rings (SSSR count). The van der Waals surface area contributed by atoms with Gasteiger partial charge in [0.1, 0.15) is 22.7 Å². The van der Waals surface area contributed by atoms with Crippen molar-refractivity contribution in [3.63, 3.8) is 0 Å². The van der Waals surface area contributed by atoms with Crippen LogP contribution >= 0.6 is 11.3 Å². The molecule has 0 bridgehead atoms. The van der Waals surface area contributed by atoms with Crippen LogP contribution in [-0.2, 0) is 22.4 Å². The number of nitrogens with zero attached hydrogens (tertiary/aromatic N) is 2. The third kappa shape index (κ3) is 5.30. The molecule has 1 atom stereocenters. The Morgan fingerprint density at radius 1 is 1.32 bits per heavy atom. The van der Waals surface area contributed by atoms with Crippen LogP contribution in [-0.4, -0.2) is 37.6 Å². The largest absolute Gasteiger partial charge is 0.452 e. The van der Waals surface area contributed by atoms with Crippen LogP contribution < -0.4 is 15.5 Å². The van der Waals surface area contributed by atoms with Crippen molar-refractivity contribution in [1.82, 2.24) is 5.32 Å². The van der Waals surface area contributed by atoms with Crippen molar-refractivity contribution < 1.29 is 27.9 Å². The summed E-state index contributed by atoms with van der Waals surface area (Å²) in [7, 11) is 0.